The highest BCUT2D eigenvalue weighted by Gasteiger charge is 2.43. The Kier molecular flexibility index (Phi) is 0.733. The average Bonchev–Trinajstić information content (AvgIpc) is 2.20. The Morgan fingerprint density at radius 2 is 2.50 bits per heavy atom. The van der Waals surface area contributed by atoms with Crippen LogP contribution in [0.3, 0.4) is 0 Å². The Hall–Kier alpha value is -1.40. The number of aliphatic imine (C=N–C) groups is 1. The molecule has 1 unspecified atom stereocenters. The fourth-order valence-electron chi connectivity index (χ4n) is 0.778. The molecule has 0 aromatic rings. The molecule has 6 nitrogen and oxygen atoms in total. The summed E-state index contributed by atoms with van der Waals surface area (Å²) in [5.74, 6) is 5.81. The number of hydrogen-bond acceptors (Lipinski definition) is 4. The van der Waals surface area contributed by atoms with E-state index in [9.17, 15) is 0 Å². The number of aliphatic hydroxyl groups is 1. The first-order chi connectivity index (χ1) is 4.71. The summed E-state index contributed by atoms with van der Waals surface area (Å²) in [5, 5.41) is 12.3. The molecule has 0 spiro atoms. The van der Waals surface area contributed by atoms with Crippen LogP contribution < -0.4 is 5.84 Å². The summed E-state index contributed by atoms with van der Waals surface area (Å²) in [6, 6.07) is 0. The topological polar surface area (TPSA) is 80.2 Å². The minimum absolute atomic E-state index is 0.303. The molecule has 0 bridgehead atoms. The van der Waals surface area contributed by atoms with Gasteiger partial charge in [0.25, 0.3) is 0 Å². The van der Waals surface area contributed by atoms with E-state index >= 15 is 0 Å². The van der Waals surface area contributed by atoms with Crippen LogP contribution in [0.1, 0.15) is 0 Å². The van der Waals surface area contributed by atoms with Crippen molar-refractivity contribution in [1.82, 2.24) is 0 Å². The lowest BCUT2D eigenvalue weighted by Crippen LogP contribution is -2.43. The van der Waals surface area contributed by atoms with Crippen molar-refractivity contribution >= 4 is 12.4 Å². The second-order valence-corrected chi connectivity index (χ2v) is 1.95. The summed E-state index contributed by atoms with van der Waals surface area (Å²) in [5.41, 5.74) is 0. The van der Waals surface area contributed by atoms with Gasteiger partial charge in [-0.25, -0.2) is 0 Å². The molecule has 0 saturated heterocycles. The van der Waals surface area contributed by atoms with Gasteiger partial charge in [0.05, 0.1) is 0 Å². The van der Waals surface area contributed by atoms with E-state index in [0.29, 0.717) is 5.88 Å². The number of hydrogen-bond donors (Lipinski definition) is 2. The monoisotopic (exact) mass is 141 g/mol. The van der Waals surface area contributed by atoms with Crippen LogP contribution in [0.15, 0.2) is 22.2 Å². The summed E-state index contributed by atoms with van der Waals surface area (Å²) < 4.78 is 4.27. The molecule has 0 aromatic heterocycles. The first kappa shape index (κ1) is 5.39. The number of nitrogens with two attached hydrogens (primary N) is 1. The highest BCUT2D eigenvalue weighted by atomic mass is 16.6. The Bertz CT molecular complexity index is 268. The lowest BCUT2D eigenvalue weighted by molar-refractivity contribution is -0.818. The maximum atomic E-state index is 8.73. The van der Waals surface area contributed by atoms with Gasteiger partial charge in [0.1, 0.15) is 6.20 Å². The van der Waals surface area contributed by atoms with E-state index in [1.54, 1.807) is 0 Å². The Morgan fingerprint density at radius 3 is 3.20 bits per heavy atom. The van der Waals surface area contributed by atoms with Crippen molar-refractivity contribution in [3.05, 3.63) is 12.1 Å². The molecule has 6 heteroatoms. The van der Waals surface area contributed by atoms with Crippen LogP contribution in [-0.2, 0) is 4.74 Å². The second kappa shape index (κ2) is 1.36. The van der Waals surface area contributed by atoms with E-state index in [1.165, 1.54) is 12.5 Å². The minimum Gasteiger partial charge on any atom is -0.462 e. The first-order valence-electron chi connectivity index (χ1n) is 2.60. The van der Waals surface area contributed by atoms with E-state index in [1.807, 2.05) is 0 Å². The van der Waals surface area contributed by atoms with Gasteiger partial charge in [-0.2, -0.15) is 4.99 Å². The van der Waals surface area contributed by atoms with Crippen LogP contribution in [0, 0.1) is 0 Å². The normalized spacial score (nSPS) is 34.9. The SMILES string of the molecule is N[N+]12C=NC=C1OC(O)=N2. The molecule has 0 amide bonds. The Balaban J connectivity index is 2.47. The lowest BCUT2D eigenvalue weighted by atomic mass is 10.8. The molecule has 0 saturated carbocycles. The van der Waals surface area contributed by atoms with Gasteiger partial charge < -0.3 is 9.84 Å². The molecule has 1 atom stereocenters. The van der Waals surface area contributed by atoms with Gasteiger partial charge in [-0.1, -0.05) is 0 Å². The predicted octanol–water partition coefficient (Wildman–Crippen LogP) is -0.623. The standard InChI is InChI=1S/C4H4N4O2/c5-8-2-6-1-3(8)10-4(9)7-8/h1-2H,5H2/p+1. The predicted molar refractivity (Wildman–Crippen MR) is 32.2 cm³/mol. The Morgan fingerprint density at radius 1 is 1.70 bits per heavy atom. The van der Waals surface area contributed by atoms with Crippen LogP contribution in [0.25, 0.3) is 0 Å². The second-order valence-electron chi connectivity index (χ2n) is 1.95. The van der Waals surface area contributed by atoms with Gasteiger partial charge in [-0.3, -0.25) is 0 Å². The van der Waals surface area contributed by atoms with Crippen molar-refractivity contribution < 1.29 is 14.5 Å². The number of aliphatic hydroxyl groups excluding tert-OH is 1. The van der Waals surface area contributed by atoms with Crippen molar-refractivity contribution in [2.75, 3.05) is 0 Å². The van der Waals surface area contributed by atoms with Crippen LogP contribution >= 0.6 is 0 Å². The van der Waals surface area contributed by atoms with Crippen LogP contribution in [0.2, 0.25) is 0 Å². The molecule has 10 heavy (non-hydrogen) atoms. The molecule has 0 fully saturated rings. The number of quaternary nitrogens is 1. The molecule has 0 aliphatic carbocycles. The van der Waals surface area contributed by atoms with Crippen LogP contribution in [0.5, 0.6) is 0 Å². The summed E-state index contributed by atoms with van der Waals surface area (Å²) in [6.07, 6.45) is 2.31. The first-order valence-corrected chi connectivity index (χ1v) is 2.60. The van der Waals surface area contributed by atoms with E-state index in [4.69, 9.17) is 10.9 Å². The molecule has 2 aliphatic heterocycles. The van der Waals surface area contributed by atoms with Gasteiger partial charge in [-0.05, 0) is 4.70 Å². The van der Waals surface area contributed by atoms with Gasteiger partial charge in [-0.15, -0.1) is 5.84 Å². The number of ether oxygens (including phenoxy) is 1. The summed E-state index contributed by atoms with van der Waals surface area (Å²) in [7, 11) is 0. The third kappa shape index (κ3) is 0.488. The van der Waals surface area contributed by atoms with Crippen LogP contribution in [-0.4, -0.2) is 22.2 Å². The zero-order valence-corrected chi connectivity index (χ0v) is 4.93. The van der Waals surface area contributed by atoms with Gasteiger partial charge >= 0.3 is 12.0 Å². The summed E-state index contributed by atoms with van der Waals surface area (Å²) >= 11 is 0. The third-order valence-electron chi connectivity index (χ3n) is 1.23. The highest BCUT2D eigenvalue weighted by Crippen LogP contribution is 2.22. The molecule has 0 radical (unpaired) electrons. The maximum Gasteiger partial charge on any atom is 0.446 e. The molecular formula is C4H5N4O2+. The molecule has 2 aliphatic rings. The number of fused-ring (bicyclic) bond motifs is 1. The smallest absolute Gasteiger partial charge is 0.446 e. The molecule has 52 valence electrons. The highest BCUT2D eigenvalue weighted by molar-refractivity contribution is 5.68. The van der Waals surface area contributed by atoms with Crippen molar-refractivity contribution in [2.24, 2.45) is 15.9 Å². The molecule has 2 rings (SSSR count). The van der Waals surface area contributed by atoms with Crippen molar-refractivity contribution in [1.29, 1.82) is 0 Å². The molecular weight excluding hydrogens is 136 g/mol. The fraction of sp³-hybridized carbons (Fsp3) is 0. The third-order valence-corrected chi connectivity index (χ3v) is 1.23. The number of nitrogens with zero attached hydrogens (tertiary/aromatic N) is 3. The van der Waals surface area contributed by atoms with E-state index in [-0.39, 0.29) is 0 Å². The Labute approximate surface area is 56.1 Å². The van der Waals surface area contributed by atoms with E-state index in [0.717, 1.165) is 0 Å². The van der Waals surface area contributed by atoms with Crippen molar-refractivity contribution in [2.45, 2.75) is 0 Å². The molecule has 3 N–H and O–H groups in total. The maximum absolute atomic E-state index is 8.73. The molecule has 0 aromatic carbocycles. The lowest BCUT2D eigenvalue weighted by Gasteiger charge is -2.06. The number of rotatable bonds is 0. The minimum atomic E-state index is -0.431. The van der Waals surface area contributed by atoms with E-state index in [2.05, 4.69) is 14.8 Å². The van der Waals surface area contributed by atoms with Gasteiger partial charge in [0, 0.05) is 5.10 Å². The largest absolute Gasteiger partial charge is 0.462 e. The molecule has 2 heterocycles. The quantitative estimate of drug-likeness (QED) is 0.348. The zero-order chi connectivity index (χ0) is 7.19. The van der Waals surface area contributed by atoms with Crippen molar-refractivity contribution in [3.63, 3.8) is 0 Å². The summed E-state index contributed by atoms with van der Waals surface area (Å²) in [4.78, 5) is 3.69. The zero-order valence-electron chi connectivity index (χ0n) is 4.93. The van der Waals surface area contributed by atoms with Crippen LogP contribution in [0.4, 0.5) is 0 Å². The summed E-state index contributed by atoms with van der Waals surface area (Å²) in [6.45, 7) is 0. The van der Waals surface area contributed by atoms with Gasteiger partial charge in [0.2, 0.25) is 6.34 Å². The fourth-order valence-corrected chi connectivity index (χ4v) is 0.778. The van der Waals surface area contributed by atoms with Gasteiger partial charge in [0.15, 0.2) is 0 Å². The van der Waals surface area contributed by atoms with Crippen molar-refractivity contribution in [3.8, 4) is 0 Å². The average molecular weight is 141 g/mol. The van der Waals surface area contributed by atoms with E-state index < -0.39 is 10.8 Å².